The number of carbonyl (C=O) groups excluding carboxylic acids is 2. The fourth-order valence-electron chi connectivity index (χ4n) is 2.07. The molecule has 1 rings (SSSR count). The quantitative estimate of drug-likeness (QED) is 0.719. The molecule has 0 aliphatic rings. The minimum absolute atomic E-state index is 0.191. The van der Waals surface area contributed by atoms with Crippen LogP contribution in [0.25, 0.3) is 0 Å². The van der Waals surface area contributed by atoms with E-state index in [1.807, 2.05) is 31.2 Å². The van der Waals surface area contributed by atoms with E-state index in [4.69, 9.17) is 9.47 Å². The normalized spacial score (nSPS) is 10.4. The Morgan fingerprint density at radius 1 is 1.05 bits per heavy atom. The first-order valence-electron chi connectivity index (χ1n) is 6.94. The van der Waals surface area contributed by atoms with Crippen LogP contribution in [-0.2, 0) is 19.1 Å². The largest absolute Gasteiger partial charge is 0.466 e. The number of ether oxygens (including phenoxy) is 2. The number of esters is 2. The molecule has 0 bridgehead atoms. The topological polar surface area (TPSA) is 52.6 Å². The third kappa shape index (κ3) is 5.43. The van der Waals surface area contributed by atoms with Crippen LogP contribution in [0, 0.1) is 6.92 Å². The monoisotopic (exact) mass is 278 g/mol. The van der Waals surface area contributed by atoms with Crippen LogP contribution < -0.4 is 0 Å². The number of carbonyl (C=O) groups is 2. The fraction of sp³-hybridized carbons (Fsp3) is 0.500. The number of aryl methyl sites for hydroxylation is 1. The minimum Gasteiger partial charge on any atom is -0.466 e. The summed E-state index contributed by atoms with van der Waals surface area (Å²) in [5.41, 5.74) is 2.06. The second kappa shape index (κ2) is 8.35. The van der Waals surface area contributed by atoms with Gasteiger partial charge in [0.15, 0.2) is 0 Å². The molecule has 4 heteroatoms. The summed E-state index contributed by atoms with van der Waals surface area (Å²) in [6.07, 6.45) is 0.381. The van der Waals surface area contributed by atoms with Gasteiger partial charge in [0, 0.05) is 5.92 Å². The lowest BCUT2D eigenvalue weighted by molar-refractivity contribution is -0.145. The summed E-state index contributed by atoms with van der Waals surface area (Å²) in [5, 5.41) is 0. The van der Waals surface area contributed by atoms with Gasteiger partial charge in [-0.25, -0.2) is 0 Å². The number of benzene rings is 1. The predicted molar refractivity (Wildman–Crippen MR) is 76.4 cm³/mol. The van der Waals surface area contributed by atoms with Gasteiger partial charge in [-0.15, -0.1) is 0 Å². The number of hydrogen-bond donors (Lipinski definition) is 0. The second-order valence-corrected chi connectivity index (χ2v) is 4.63. The highest BCUT2D eigenvalue weighted by Crippen LogP contribution is 2.25. The molecular formula is C16H22O4. The van der Waals surface area contributed by atoms with Crippen LogP contribution in [0.5, 0.6) is 0 Å². The van der Waals surface area contributed by atoms with Crippen molar-refractivity contribution in [2.45, 2.75) is 39.5 Å². The van der Waals surface area contributed by atoms with Crippen LogP contribution in [0.4, 0.5) is 0 Å². The van der Waals surface area contributed by atoms with Crippen molar-refractivity contribution in [2.75, 3.05) is 13.2 Å². The maximum atomic E-state index is 11.7. The summed E-state index contributed by atoms with van der Waals surface area (Å²) < 4.78 is 9.95. The van der Waals surface area contributed by atoms with E-state index in [9.17, 15) is 9.59 Å². The zero-order valence-corrected chi connectivity index (χ0v) is 12.3. The van der Waals surface area contributed by atoms with E-state index in [-0.39, 0.29) is 30.7 Å². The number of rotatable bonds is 7. The van der Waals surface area contributed by atoms with Crippen molar-refractivity contribution in [3.63, 3.8) is 0 Å². The van der Waals surface area contributed by atoms with Gasteiger partial charge in [-0.3, -0.25) is 9.59 Å². The van der Waals surface area contributed by atoms with E-state index in [0.29, 0.717) is 13.2 Å². The van der Waals surface area contributed by atoms with E-state index in [0.717, 1.165) is 11.1 Å². The SMILES string of the molecule is CCOC(=O)CC(CC(=O)OCC)c1cccc(C)c1. The van der Waals surface area contributed by atoms with Crippen LogP contribution in [-0.4, -0.2) is 25.2 Å². The van der Waals surface area contributed by atoms with E-state index in [1.165, 1.54) is 0 Å². The molecule has 0 saturated heterocycles. The molecule has 20 heavy (non-hydrogen) atoms. The van der Waals surface area contributed by atoms with Crippen molar-refractivity contribution in [2.24, 2.45) is 0 Å². The van der Waals surface area contributed by atoms with Crippen LogP contribution in [0.2, 0.25) is 0 Å². The van der Waals surface area contributed by atoms with E-state index in [1.54, 1.807) is 13.8 Å². The third-order valence-corrected chi connectivity index (χ3v) is 2.95. The van der Waals surface area contributed by atoms with Gasteiger partial charge in [0.2, 0.25) is 0 Å². The lowest BCUT2D eigenvalue weighted by atomic mass is 9.91. The Bertz CT molecular complexity index is 434. The summed E-state index contributed by atoms with van der Waals surface area (Å²) >= 11 is 0. The molecule has 0 atom stereocenters. The van der Waals surface area contributed by atoms with Gasteiger partial charge in [-0.2, -0.15) is 0 Å². The molecule has 0 fully saturated rings. The highest BCUT2D eigenvalue weighted by molar-refractivity contribution is 5.74. The Balaban J connectivity index is 2.83. The Hall–Kier alpha value is -1.84. The molecule has 0 aromatic heterocycles. The zero-order valence-electron chi connectivity index (χ0n) is 12.3. The van der Waals surface area contributed by atoms with Crippen LogP contribution in [0.3, 0.4) is 0 Å². The molecular weight excluding hydrogens is 256 g/mol. The van der Waals surface area contributed by atoms with Crippen molar-refractivity contribution in [3.05, 3.63) is 35.4 Å². The lowest BCUT2D eigenvalue weighted by Crippen LogP contribution is -2.15. The van der Waals surface area contributed by atoms with Crippen molar-refractivity contribution in [3.8, 4) is 0 Å². The summed E-state index contributed by atoms with van der Waals surface area (Å²) in [6.45, 7) is 6.21. The van der Waals surface area contributed by atoms with Gasteiger partial charge < -0.3 is 9.47 Å². The van der Waals surface area contributed by atoms with Gasteiger partial charge in [-0.05, 0) is 26.3 Å². The molecule has 1 aromatic carbocycles. The smallest absolute Gasteiger partial charge is 0.306 e. The van der Waals surface area contributed by atoms with Crippen molar-refractivity contribution < 1.29 is 19.1 Å². The summed E-state index contributed by atoms with van der Waals surface area (Å²) in [7, 11) is 0. The molecule has 4 nitrogen and oxygen atoms in total. The second-order valence-electron chi connectivity index (χ2n) is 4.63. The Morgan fingerprint density at radius 3 is 2.05 bits per heavy atom. The molecule has 0 N–H and O–H groups in total. The lowest BCUT2D eigenvalue weighted by Gasteiger charge is -2.16. The van der Waals surface area contributed by atoms with Gasteiger partial charge in [0.1, 0.15) is 0 Å². The van der Waals surface area contributed by atoms with Crippen molar-refractivity contribution in [1.29, 1.82) is 0 Å². The molecule has 0 spiro atoms. The summed E-state index contributed by atoms with van der Waals surface area (Å²) in [5.74, 6) is -0.778. The first-order valence-corrected chi connectivity index (χ1v) is 6.94. The molecule has 0 aliphatic heterocycles. The molecule has 0 unspecified atom stereocenters. The van der Waals surface area contributed by atoms with Gasteiger partial charge >= 0.3 is 11.9 Å². The fourth-order valence-corrected chi connectivity index (χ4v) is 2.07. The van der Waals surface area contributed by atoms with Crippen LogP contribution >= 0.6 is 0 Å². The molecule has 1 aromatic rings. The van der Waals surface area contributed by atoms with Gasteiger partial charge in [0.25, 0.3) is 0 Å². The predicted octanol–water partition coefficient (Wildman–Crippen LogP) is 2.99. The first-order chi connectivity index (χ1) is 9.56. The highest BCUT2D eigenvalue weighted by Gasteiger charge is 2.21. The Morgan fingerprint density at radius 2 is 1.60 bits per heavy atom. The zero-order chi connectivity index (χ0) is 15.0. The van der Waals surface area contributed by atoms with Gasteiger partial charge in [0.05, 0.1) is 26.1 Å². The van der Waals surface area contributed by atoms with E-state index < -0.39 is 0 Å². The molecule has 0 aliphatic carbocycles. The van der Waals surface area contributed by atoms with E-state index >= 15 is 0 Å². The molecule has 0 amide bonds. The maximum absolute atomic E-state index is 11.7. The van der Waals surface area contributed by atoms with Crippen LogP contribution in [0.1, 0.15) is 43.7 Å². The van der Waals surface area contributed by atoms with Crippen molar-refractivity contribution in [1.82, 2.24) is 0 Å². The number of hydrogen-bond acceptors (Lipinski definition) is 4. The summed E-state index contributed by atoms with van der Waals surface area (Å²) in [6, 6.07) is 7.82. The van der Waals surface area contributed by atoms with Crippen LogP contribution in [0.15, 0.2) is 24.3 Å². The average Bonchev–Trinajstić information content (AvgIpc) is 2.38. The minimum atomic E-state index is -0.289. The Labute approximate surface area is 120 Å². The third-order valence-electron chi connectivity index (χ3n) is 2.95. The highest BCUT2D eigenvalue weighted by atomic mass is 16.5. The van der Waals surface area contributed by atoms with Crippen molar-refractivity contribution >= 4 is 11.9 Å². The molecule has 0 radical (unpaired) electrons. The average molecular weight is 278 g/mol. The molecule has 0 saturated carbocycles. The Kier molecular flexibility index (Phi) is 6.77. The maximum Gasteiger partial charge on any atom is 0.306 e. The van der Waals surface area contributed by atoms with E-state index in [2.05, 4.69) is 0 Å². The molecule has 0 heterocycles. The first kappa shape index (κ1) is 16.2. The standard InChI is InChI=1S/C16H22O4/c1-4-19-15(17)10-14(11-16(18)20-5-2)13-8-6-7-12(3)9-13/h6-9,14H,4-5,10-11H2,1-3H3. The summed E-state index contributed by atoms with van der Waals surface area (Å²) in [4.78, 5) is 23.4. The molecule has 110 valence electrons. The van der Waals surface area contributed by atoms with Gasteiger partial charge in [-0.1, -0.05) is 29.8 Å².